The molecule has 0 aromatic heterocycles. The van der Waals surface area contributed by atoms with E-state index in [0.717, 1.165) is 22.7 Å². The normalized spacial score (nSPS) is 11.6. The Morgan fingerprint density at radius 3 is 2.91 bits per heavy atom. The lowest BCUT2D eigenvalue weighted by atomic mass is 10.2. The van der Waals surface area contributed by atoms with Gasteiger partial charge in [-0.15, -0.1) is 0 Å². The third-order valence-electron chi connectivity index (χ3n) is 3.14. The number of benzene rings is 2. The van der Waals surface area contributed by atoms with Gasteiger partial charge < -0.3 is 20.1 Å². The maximum atomic E-state index is 8.88. The molecule has 0 radical (unpaired) electrons. The number of rotatable bonds is 3. The van der Waals surface area contributed by atoms with Crippen molar-refractivity contribution in [2.45, 2.75) is 6.54 Å². The van der Waals surface area contributed by atoms with Crippen molar-refractivity contribution in [2.24, 2.45) is 0 Å². The van der Waals surface area contributed by atoms with Crippen molar-refractivity contribution in [1.29, 1.82) is 5.26 Å². The molecule has 0 saturated heterocycles. The van der Waals surface area contributed by atoms with Crippen molar-refractivity contribution in [3.63, 3.8) is 0 Å². The molecule has 22 heavy (non-hydrogen) atoms. The first-order valence-electron chi connectivity index (χ1n) is 6.68. The van der Waals surface area contributed by atoms with Crippen LogP contribution in [0.5, 0.6) is 11.5 Å². The van der Waals surface area contributed by atoms with Gasteiger partial charge in [-0.2, -0.15) is 5.26 Å². The van der Waals surface area contributed by atoms with E-state index < -0.39 is 0 Å². The van der Waals surface area contributed by atoms with Gasteiger partial charge in [-0.25, -0.2) is 0 Å². The van der Waals surface area contributed by atoms with Crippen LogP contribution in [0.4, 0.5) is 5.69 Å². The highest BCUT2D eigenvalue weighted by atomic mass is 32.1. The van der Waals surface area contributed by atoms with Gasteiger partial charge in [0.15, 0.2) is 16.6 Å². The van der Waals surface area contributed by atoms with Gasteiger partial charge in [-0.1, -0.05) is 12.1 Å². The van der Waals surface area contributed by atoms with Crippen LogP contribution in [-0.2, 0) is 6.54 Å². The summed E-state index contributed by atoms with van der Waals surface area (Å²) in [5, 5.41) is 15.5. The van der Waals surface area contributed by atoms with Gasteiger partial charge in [0, 0.05) is 12.2 Å². The summed E-state index contributed by atoms with van der Waals surface area (Å²) in [5.41, 5.74) is 2.41. The number of nitriles is 1. The van der Waals surface area contributed by atoms with Crippen LogP contribution in [0.3, 0.4) is 0 Å². The van der Waals surface area contributed by atoms with Gasteiger partial charge in [0.05, 0.1) is 11.6 Å². The second-order valence-electron chi connectivity index (χ2n) is 4.69. The Kier molecular flexibility index (Phi) is 4.08. The van der Waals surface area contributed by atoms with Crippen molar-refractivity contribution in [1.82, 2.24) is 5.32 Å². The minimum absolute atomic E-state index is 0.265. The summed E-state index contributed by atoms with van der Waals surface area (Å²) in [6.45, 7) is 0.835. The van der Waals surface area contributed by atoms with E-state index in [1.165, 1.54) is 0 Å². The summed E-state index contributed by atoms with van der Waals surface area (Å²) in [7, 11) is 0. The van der Waals surface area contributed by atoms with Crippen LogP contribution in [0.1, 0.15) is 11.1 Å². The Hall–Kier alpha value is -2.78. The number of hydrogen-bond donors (Lipinski definition) is 2. The molecule has 2 aromatic carbocycles. The molecule has 1 aliphatic heterocycles. The van der Waals surface area contributed by atoms with Crippen LogP contribution >= 0.6 is 12.2 Å². The maximum Gasteiger partial charge on any atom is 0.231 e. The summed E-state index contributed by atoms with van der Waals surface area (Å²) in [4.78, 5) is 0. The van der Waals surface area contributed by atoms with E-state index in [2.05, 4.69) is 16.7 Å². The molecule has 0 amide bonds. The van der Waals surface area contributed by atoms with Gasteiger partial charge >= 0.3 is 0 Å². The molecule has 3 rings (SSSR count). The van der Waals surface area contributed by atoms with Gasteiger partial charge in [0.1, 0.15) is 0 Å². The van der Waals surface area contributed by atoms with Crippen molar-refractivity contribution in [3.8, 4) is 17.6 Å². The topological polar surface area (TPSA) is 66.3 Å². The smallest absolute Gasteiger partial charge is 0.231 e. The summed E-state index contributed by atoms with van der Waals surface area (Å²) in [6, 6.07) is 15.0. The first-order chi connectivity index (χ1) is 10.7. The fourth-order valence-electron chi connectivity index (χ4n) is 2.08. The minimum Gasteiger partial charge on any atom is -0.454 e. The summed E-state index contributed by atoms with van der Waals surface area (Å²) >= 11 is 5.25. The van der Waals surface area contributed by atoms with Crippen LogP contribution < -0.4 is 20.1 Å². The average Bonchev–Trinajstić information content (AvgIpc) is 3.00. The number of ether oxygens (including phenoxy) is 2. The first-order valence-corrected chi connectivity index (χ1v) is 7.09. The lowest BCUT2D eigenvalue weighted by Gasteiger charge is -2.11. The number of nitrogens with zero attached hydrogens (tertiary/aromatic N) is 1. The molecule has 0 fully saturated rings. The molecule has 0 saturated carbocycles. The Bertz CT molecular complexity index is 755. The number of hydrogen-bond acceptors (Lipinski definition) is 4. The summed E-state index contributed by atoms with van der Waals surface area (Å²) in [5.74, 6) is 1.51. The maximum absolute atomic E-state index is 8.88. The zero-order valence-electron chi connectivity index (χ0n) is 11.6. The number of fused-ring (bicyclic) bond motifs is 1. The van der Waals surface area contributed by atoms with E-state index in [4.69, 9.17) is 27.0 Å². The Morgan fingerprint density at radius 2 is 2.05 bits per heavy atom. The van der Waals surface area contributed by atoms with Crippen LogP contribution in [0.15, 0.2) is 42.5 Å². The van der Waals surface area contributed by atoms with E-state index >= 15 is 0 Å². The predicted molar refractivity (Wildman–Crippen MR) is 86.8 cm³/mol. The van der Waals surface area contributed by atoms with Gasteiger partial charge in [0.2, 0.25) is 6.79 Å². The van der Waals surface area contributed by atoms with Gasteiger partial charge in [-0.05, 0) is 48.1 Å². The SMILES string of the molecule is N#Cc1cccc(NC(=S)NCc2ccc3c(c2)OCO3)c1. The Morgan fingerprint density at radius 1 is 1.18 bits per heavy atom. The second kappa shape index (κ2) is 6.33. The zero-order valence-corrected chi connectivity index (χ0v) is 12.4. The van der Waals surface area contributed by atoms with Crippen molar-refractivity contribution in [2.75, 3.05) is 12.1 Å². The fourth-order valence-corrected chi connectivity index (χ4v) is 2.27. The molecular weight excluding hydrogens is 298 g/mol. The van der Waals surface area contributed by atoms with Crippen molar-refractivity contribution in [3.05, 3.63) is 53.6 Å². The summed E-state index contributed by atoms with van der Waals surface area (Å²) < 4.78 is 10.6. The van der Waals surface area contributed by atoms with Crippen LogP contribution in [0, 0.1) is 11.3 Å². The molecule has 1 aliphatic rings. The highest BCUT2D eigenvalue weighted by Gasteiger charge is 2.13. The number of thiocarbonyl (C=S) groups is 1. The molecule has 0 bridgehead atoms. The van der Waals surface area contributed by atoms with Crippen LogP contribution in [0.25, 0.3) is 0 Å². The molecule has 2 N–H and O–H groups in total. The molecule has 5 nitrogen and oxygen atoms in total. The van der Waals surface area contributed by atoms with Crippen LogP contribution in [0.2, 0.25) is 0 Å². The fraction of sp³-hybridized carbons (Fsp3) is 0.125. The van der Waals surface area contributed by atoms with Gasteiger partial charge in [0.25, 0.3) is 0 Å². The lowest BCUT2D eigenvalue weighted by Crippen LogP contribution is -2.27. The molecule has 0 atom stereocenters. The largest absolute Gasteiger partial charge is 0.454 e. The van der Waals surface area contributed by atoms with E-state index in [9.17, 15) is 0 Å². The average molecular weight is 311 g/mol. The van der Waals surface area contributed by atoms with E-state index in [0.29, 0.717) is 17.2 Å². The molecule has 2 aromatic rings. The van der Waals surface area contributed by atoms with Crippen molar-refractivity contribution < 1.29 is 9.47 Å². The molecule has 0 unspecified atom stereocenters. The highest BCUT2D eigenvalue weighted by molar-refractivity contribution is 7.80. The molecule has 0 spiro atoms. The zero-order chi connectivity index (χ0) is 15.4. The monoisotopic (exact) mass is 311 g/mol. The third-order valence-corrected chi connectivity index (χ3v) is 3.39. The van der Waals surface area contributed by atoms with Crippen molar-refractivity contribution >= 4 is 23.0 Å². The Labute approximate surface area is 133 Å². The summed E-state index contributed by atoms with van der Waals surface area (Å²) in [6.07, 6.45) is 0. The predicted octanol–water partition coefficient (Wildman–Crippen LogP) is 2.77. The molecule has 110 valence electrons. The van der Waals surface area contributed by atoms with Crippen LogP contribution in [-0.4, -0.2) is 11.9 Å². The molecule has 1 heterocycles. The molecule has 0 aliphatic carbocycles. The Balaban J connectivity index is 1.57. The third kappa shape index (κ3) is 3.27. The van der Waals surface area contributed by atoms with E-state index in [1.54, 1.807) is 18.2 Å². The minimum atomic E-state index is 0.265. The highest BCUT2D eigenvalue weighted by Crippen LogP contribution is 2.32. The lowest BCUT2D eigenvalue weighted by molar-refractivity contribution is 0.174. The second-order valence-corrected chi connectivity index (χ2v) is 5.10. The molecule has 6 heteroatoms. The standard InChI is InChI=1S/C16H13N3O2S/c17-8-11-2-1-3-13(6-11)19-16(22)18-9-12-4-5-14-15(7-12)21-10-20-14/h1-7H,9-10H2,(H2,18,19,22). The first kappa shape index (κ1) is 14.2. The van der Waals surface area contributed by atoms with Gasteiger partial charge in [-0.3, -0.25) is 0 Å². The van der Waals surface area contributed by atoms with E-state index in [-0.39, 0.29) is 6.79 Å². The molecular formula is C16H13N3O2S. The quantitative estimate of drug-likeness (QED) is 0.850. The number of anilines is 1. The van der Waals surface area contributed by atoms with E-state index in [1.807, 2.05) is 24.3 Å². The number of nitrogens with one attached hydrogen (secondary N) is 2.